The molecule has 0 radical (unpaired) electrons. The molecule has 0 amide bonds. The Kier molecular flexibility index (Phi) is 2.80. The summed E-state index contributed by atoms with van der Waals surface area (Å²) in [5.74, 6) is 1.50. The van der Waals surface area contributed by atoms with Gasteiger partial charge in [0.2, 0.25) is 0 Å². The molecule has 1 aliphatic heterocycles. The van der Waals surface area contributed by atoms with Crippen LogP contribution in [0.5, 0.6) is 11.5 Å². The smallest absolute Gasteiger partial charge is 0.166 e. The van der Waals surface area contributed by atoms with Gasteiger partial charge in [0.15, 0.2) is 11.5 Å². The molecule has 1 heterocycles. The van der Waals surface area contributed by atoms with E-state index < -0.39 is 6.10 Å². The first-order valence-corrected chi connectivity index (χ1v) is 6.54. The normalized spacial score (nSPS) is 31.6. The standard InChI is InChI=1S/C15H19NO3/c1-15-6-5-10(17)7-12(15)19-14-11(18-2)4-3-9(8-16)13(14)15/h3-6,10,12,17H,7-8,16H2,1-2H3/t10-,12+,15-/m1/s1. The Morgan fingerprint density at radius 2 is 2.32 bits per heavy atom. The largest absolute Gasteiger partial charge is 0.493 e. The predicted octanol–water partition coefficient (Wildman–Crippen LogP) is 1.49. The van der Waals surface area contributed by atoms with Gasteiger partial charge in [-0.25, -0.2) is 0 Å². The molecule has 102 valence electrons. The molecule has 0 saturated carbocycles. The molecular weight excluding hydrogens is 242 g/mol. The van der Waals surface area contributed by atoms with E-state index in [1.165, 1.54) is 0 Å². The van der Waals surface area contributed by atoms with Crippen LogP contribution in [0.1, 0.15) is 24.5 Å². The second-order valence-corrected chi connectivity index (χ2v) is 5.39. The van der Waals surface area contributed by atoms with E-state index in [2.05, 4.69) is 6.92 Å². The topological polar surface area (TPSA) is 64.7 Å². The van der Waals surface area contributed by atoms with E-state index in [1.807, 2.05) is 24.3 Å². The maximum absolute atomic E-state index is 9.78. The molecule has 0 unspecified atom stereocenters. The Labute approximate surface area is 112 Å². The van der Waals surface area contributed by atoms with Crippen LogP contribution in [-0.2, 0) is 12.0 Å². The van der Waals surface area contributed by atoms with Crippen LogP contribution in [0.3, 0.4) is 0 Å². The predicted molar refractivity (Wildman–Crippen MR) is 72.4 cm³/mol. The number of aliphatic hydroxyl groups excluding tert-OH is 1. The van der Waals surface area contributed by atoms with Crippen molar-refractivity contribution in [3.63, 3.8) is 0 Å². The molecule has 1 aromatic carbocycles. The summed E-state index contributed by atoms with van der Waals surface area (Å²) in [6, 6.07) is 3.88. The van der Waals surface area contributed by atoms with Crippen LogP contribution in [0, 0.1) is 0 Å². The molecule has 0 aromatic heterocycles. The van der Waals surface area contributed by atoms with Crippen molar-refractivity contribution in [2.24, 2.45) is 5.73 Å². The van der Waals surface area contributed by atoms with Crippen molar-refractivity contribution >= 4 is 0 Å². The van der Waals surface area contributed by atoms with Gasteiger partial charge in [-0.05, 0) is 18.6 Å². The molecule has 3 N–H and O–H groups in total. The number of ether oxygens (including phenoxy) is 2. The first-order chi connectivity index (χ1) is 9.10. The number of nitrogens with two attached hydrogens (primary N) is 1. The number of rotatable bonds is 2. The molecule has 3 atom stereocenters. The summed E-state index contributed by atoms with van der Waals surface area (Å²) in [7, 11) is 1.64. The molecule has 0 bridgehead atoms. The Morgan fingerprint density at radius 3 is 3.00 bits per heavy atom. The second kappa shape index (κ2) is 4.25. The van der Waals surface area contributed by atoms with Crippen LogP contribution in [0.25, 0.3) is 0 Å². The van der Waals surface area contributed by atoms with Crippen molar-refractivity contribution in [1.82, 2.24) is 0 Å². The molecule has 0 saturated heterocycles. The lowest BCUT2D eigenvalue weighted by atomic mass is 9.72. The van der Waals surface area contributed by atoms with Gasteiger partial charge in [-0.2, -0.15) is 0 Å². The highest BCUT2D eigenvalue weighted by Gasteiger charge is 2.48. The minimum Gasteiger partial charge on any atom is -0.493 e. The Morgan fingerprint density at radius 1 is 1.53 bits per heavy atom. The zero-order chi connectivity index (χ0) is 13.6. The first kappa shape index (κ1) is 12.5. The summed E-state index contributed by atoms with van der Waals surface area (Å²) >= 11 is 0. The number of hydrogen-bond acceptors (Lipinski definition) is 4. The monoisotopic (exact) mass is 261 g/mol. The van der Waals surface area contributed by atoms with Gasteiger partial charge in [-0.1, -0.05) is 18.2 Å². The SMILES string of the molecule is COc1ccc(CN)c2c1O[C@H]1C[C@H](O)C=C[C@@]21C. The fourth-order valence-electron chi connectivity index (χ4n) is 3.16. The molecule has 2 aliphatic rings. The number of aliphatic hydroxyl groups is 1. The lowest BCUT2D eigenvalue weighted by Gasteiger charge is -2.32. The zero-order valence-corrected chi connectivity index (χ0v) is 11.2. The second-order valence-electron chi connectivity index (χ2n) is 5.39. The van der Waals surface area contributed by atoms with Crippen molar-refractivity contribution in [1.29, 1.82) is 0 Å². The summed E-state index contributed by atoms with van der Waals surface area (Å²) in [6.45, 7) is 2.60. The molecule has 4 nitrogen and oxygen atoms in total. The number of hydrogen-bond donors (Lipinski definition) is 2. The number of fused-ring (bicyclic) bond motifs is 3. The molecular formula is C15H19NO3. The average Bonchev–Trinajstić information content (AvgIpc) is 2.71. The zero-order valence-electron chi connectivity index (χ0n) is 11.2. The van der Waals surface area contributed by atoms with Crippen molar-refractivity contribution in [2.75, 3.05) is 7.11 Å². The fraction of sp³-hybridized carbons (Fsp3) is 0.467. The third-order valence-corrected chi connectivity index (χ3v) is 4.24. The highest BCUT2D eigenvalue weighted by Crippen LogP contribution is 2.52. The van der Waals surface area contributed by atoms with E-state index in [-0.39, 0.29) is 11.5 Å². The van der Waals surface area contributed by atoms with E-state index in [9.17, 15) is 5.11 Å². The van der Waals surface area contributed by atoms with Gasteiger partial charge in [0, 0.05) is 18.5 Å². The van der Waals surface area contributed by atoms with Crippen molar-refractivity contribution in [2.45, 2.75) is 37.5 Å². The molecule has 3 rings (SSSR count). The molecule has 1 aliphatic carbocycles. The van der Waals surface area contributed by atoms with Gasteiger partial charge in [0.25, 0.3) is 0 Å². The van der Waals surface area contributed by atoms with E-state index in [0.717, 1.165) is 22.6 Å². The Balaban J connectivity index is 2.20. The summed E-state index contributed by atoms with van der Waals surface area (Å²) in [6.07, 6.45) is 3.96. The van der Waals surface area contributed by atoms with Crippen molar-refractivity contribution in [3.05, 3.63) is 35.4 Å². The maximum Gasteiger partial charge on any atom is 0.166 e. The minimum absolute atomic E-state index is 0.0656. The molecule has 19 heavy (non-hydrogen) atoms. The van der Waals surface area contributed by atoms with Crippen LogP contribution in [0.4, 0.5) is 0 Å². The lowest BCUT2D eigenvalue weighted by molar-refractivity contribution is 0.0932. The fourth-order valence-corrected chi connectivity index (χ4v) is 3.16. The molecule has 4 heteroatoms. The van der Waals surface area contributed by atoms with Gasteiger partial charge in [-0.3, -0.25) is 0 Å². The number of methoxy groups -OCH3 is 1. The average molecular weight is 261 g/mol. The minimum atomic E-state index is -0.445. The van der Waals surface area contributed by atoms with Gasteiger partial charge in [0.05, 0.1) is 18.6 Å². The highest BCUT2D eigenvalue weighted by molar-refractivity contribution is 5.60. The Bertz CT molecular complexity index is 540. The van der Waals surface area contributed by atoms with E-state index in [0.29, 0.717) is 13.0 Å². The van der Waals surface area contributed by atoms with Gasteiger partial charge < -0.3 is 20.3 Å². The molecule has 1 aromatic rings. The van der Waals surface area contributed by atoms with E-state index in [4.69, 9.17) is 15.2 Å². The summed E-state index contributed by atoms with van der Waals surface area (Å²) in [5, 5.41) is 9.78. The Hall–Kier alpha value is -1.52. The summed E-state index contributed by atoms with van der Waals surface area (Å²) in [4.78, 5) is 0. The first-order valence-electron chi connectivity index (χ1n) is 6.54. The van der Waals surface area contributed by atoms with Crippen molar-refractivity contribution < 1.29 is 14.6 Å². The van der Waals surface area contributed by atoms with Gasteiger partial charge >= 0.3 is 0 Å². The van der Waals surface area contributed by atoms with E-state index >= 15 is 0 Å². The number of benzene rings is 1. The van der Waals surface area contributed by atoms with E-state index in [1.54, 1.807) is 7.11 Å². The van der Waals surface area contributed by atoms with Crippen molar-refractivity contribution in [3.8, 4) is 11.5 Å². The van der Waals surface area contributed by atoms with Crippen LogP contribution in [0.2, 0.25) is 0 Å². The van der Waals surface area contributed by atoms with Gasteiger partial charge in [-0.15, -0.1) is 0 Å². The quantitative estimate of drug-likeness (QED) is 0.792. The van der Waals surface area contributed by atoms with Crippen LogP contribution in [0.15, 0.2) is 24.3 Å². The van der Waals surface area contributed by atoms with Crippen LogP contribution < -0.4 is 15.2 Å². The maximum atomic E-state index is 9.78. The summed E-state index contributed by atoms with van der Waals surface area (Å²) in [5.41, 5.74) is 7.78. The summed E-state index contributed by atoms with van der Waals surface area (Å²) < 4.78 is 11.4. The third-order valence-electron chi connectivity index (χ3n) is 4.24. The molecule has 0 spiro atoms. The van der Waals surface area contributed by atoms with Crippen LogP contribution in [-0.4, -0.2) is 24.4 Å². The lowest BCUT2D eigenvalue weighted by Crippen LogP contribution is -2.39. The third kappa shape index (κ3) is 1.67. The highest BCUT2D eigenvalue weighted by atomic mass is 16.5. The van der Waals surface area contributed by atoms with Crippen LogP contribution >= 0.6 is 0 Å². The van der Waals surface area contributed by atoms with Gasteiger partial charge in [0.1, 0.15) is 6.10 Å². The molecule has 0 fully saturated rings.